The highest BCUT2D eigenvalue weighted by atomic mass is 32.2. The minimum Gasteiger partial charge on any atom is -0.378 e. The fraction of sp³-hybridized carbons (Fsp3) is 0.0952. The average Bonchev–Trinajstić information content (AvgIpc) is 2.68. The molecular weight excluding hydrogens is 358 g/mol. The predicted octanol–water partition coefficient (Wildman–Crippen LogP) is 4.09. The van der Waals surface area contributed by atoms with Crippen molar-refractivity contribution in [2.75, 3.05) is 23.7 Å². The van der Waals surface area contributed by atoms with E-state index >= 15 is 0 Å². The molecule has 0 aliphatic rings. The average molecular weight is 377 g/mol. The molecule has 0 bridgehead atoms. The van der Waals surface area contributed by atoms with Gasteiger partial charge < -0.3 is 4.90 Å². The topological polar surface area (TPSA) is 73.2 Å². The highest BCUT2D eigenvalue weighted by Crippen LogP contribution is 2.25. The van der Waals surface area contributed by atoms with Crippen molar-refractivity contribution < 1.29 is 8.42 Å². The molecule has 3 aromatic carbocycles. The third-order valence-electron chi connectivity index (χ3n) is 4.11. The molecule has 0 spiro atoms. The molecule has 5 nitrogen and oxygen atoms in total. The van der Waals surface area contributed by atoms with Gasteiger partial charge in [0.25, 0.3) is 10.0 Å². The van der Waals surface area contributed by atoms with E-state index in [2.05, 4.69) is 10.8 Å². The van der Waals surface area contributed by atoms with Crippen LogP contribution in [0, 0.1) is 11.3 Å². The van der Waals surface area contributed by atoms with Crippen LogP contribution in [0.3, 0.4) is 0 Å². The van der Waals surface area contributed by atoms with Crippen molar-refractivity contribution in [2.45, 2.75) is 4.90 Å². The van der Waals surface area contributed by atoms with Crippen molar-refractivity contribution in [3.63, 3.8) is 0 Å². The first-order chi connectivity index (χ1) is 12.9. The summed E-state index contributed by atoms with van der Waals surface area (Å²) in [4.78, 5) is 2.11. The van der Waals surface area contributed by atoms with Crippen LogP contribution in [0.25, 0.3) is 11.1 Å². The second-order valence-corrected chi connectivity index (χ2v) is 7.95. The van der Waals surface area contributed by atoms with Gasteiger partial charge in [0, 0.05) is 25.5 Å². The Morgan fingerprint density at radius 1 is 0.889 bits per heavy atom. The molecule has 0 saturated heterocycles. The SMILES string of the molecule is CN(C)c1ccc(NS(=O)(=O)c2cccc(-c3cccc(C#N)c3)c2)cc1. The molecule has 3 rings (SSSR count). The van der Waals surface area contributed by atoms with Crippen LogP contribution in [0.1, 0.15) is 5.56 Å². The van der Waals surface area contributed by atoms with Crippen LogP contribution in [-0.4, -0.2) is 22.5 Å². The Kier molecular flexibility index (Phi) is 5.15. The Labute approximate surface area is 159 Å². The summed E-state index contributed by atoms with van der Waals surface area (Å²) in [6.07, 6.45) is 0. The number of hydrogen-bond donors (Lipinski definition) is 1. The van der Waals surface area contributed by atoms with E-state index in [0.717, 1.165) is 16.8 Å². The van der Waals surface area contributed by atoms with E-state index in [1.165, 1.54) is 0 Å². The van der Waals surface area contributed by atoms with E-state index in [9.17, 15) is 8.42 Å². The van der Waals surface area contributed by atoms with Gasteiger partial charge in [-0.25, -0.2) is 8.42 Å². The van der Waals surface area contributed by atoms with E-state index < -0.39 is 10.0 Å². The quantitative estimate of drug-likeness (QED) is 0.727. The molecule has 0 saturated carbocycles. The maximum absolute atomic E-state index is 12.8. The van der Waals surface area contributed by atoms with Gasteiger partial charge in [0.05, 0.1) is 16.5 Å². The van der Waals surface area contributed by atoms with Crippen LogP contribution >= 0.6 is 0 Å². The lowest BCUT2D eigenvalue weighted by molar-refractivity contribution is 0.601. The van der Waals surface area contributed by atoms with Crippen molar-refractivity contribution in [1.29, 1.82) is 5.26 Å². The van der Waals surface area contributed by atoms with Crippen molar-refractivity contribution in [2.24, 2.45) is 0 Å². The van der Waals surface area contributed by atoms with Gasteiger partial charge in [-0.15, -0.1) is 0 Å². The van der Waals surface area contributed by atoms with Crippen LogP contribution in [0.5, 0.6) is 0 Å². The molecule has 0 aliphatic carbocycles. The summed E-state index contributed by atoms with van der Waals surface area (Å²) in [6, 6.07) is 23.0. The minimum absolute atomic E-state index is 0.166. The Bertz CT molecular complexity index is 1100. The van der Waals surface area contributed by atoms with Crippen LogP contribution < -0.4 is 9.62 Å². The largest absolute Gasteiger partial charge is 0.378 e. The molecule has 27 heavy (non-hydrogen) atoms. The van der Waals surface area contributed by atoms with E-state index in [-0.39, 0.29) is 4.90 Å². The zero-order valence-electron chi connectivity index (χ0n) is 15.0. The second-order valence-electron chi connectivity index (χ2n) is 6.27. The lowest BCUT2D eigenvalue weighted by atomic mass is 10.0. The van der Waals surface area contributed by atoms with Gasteiger partial charge in [0.1, 0.15) is 0 Å². The predicted molar refractivity (Wildman–Crippen MR) is 108 cm³/mol. The fourth-order valence-electron chi connectivity index (χ4n) is 2.65. The second kappa shape index (κ2) is 7.52. The standard InChI is InChI=1S/C21H19N3O2S/c1-24(2)20-11-9-19(10-12-20)23-27(25,26)21-8-4-7-18(14-21)17-6-3-5-16(13-17)15-22/h3-14,23H,1-2H3. The molecular formula is C21H19N3O2S. The highest BCUT2D eigenvalue weighted by Gasteiger charge is 2.15. The number of anilines is 2. The van der Waals surface area contributed by atoms with Crippen molar-refractivity contribution in [3.8, 4) is 17.2 Å². The van der Waals surface area contributed by atoms with Gasteiger partial charge in [-0.1, -0.05) is 24.3 Å². The maximum Gasteiger partial charge on any atom is 0.261 e. The zero-order valence-corrected chi connectivity index (χ0v) is 15.9. The monoisotopic (exact) mass is 377 g/mol. The van der Waals surface area contributed by atoms with Gasteiger partial charge >= 0.3 is 0 Å². The van der Waals surface area contributed by atoms with Gasteiger partial charge in [-0.05, 0) is 59.7 Å². The van der Waals surface area contributed by atoms with E-state index in [4.69, 9.17) is 5.26 Å². The first-order valence-corrected chi connectivity index (χ1v) is 9.78. The number of hydrogen-bond acceptors (Lipinski definition) is 4. The molecule has 136 valence electrons. The summed E-state index contributed by atoms with van der Waals surface area (Å²) in [5.41, 5.74) is 3.54. The highest BCUT2D eigenvalue weighted by molar-refractivity contribution is 7.92. The third kappa shape index (κ3) is 4.27. The molecule has 0 atom stereocenters. The lowest BCUT2D eigenvalue weighted by Gasteiger charge is -2.14. The molecule has 0 unspecified atom stereocenters. The number of nitriles is 1. The van der Waals surface area contributed by atoms with Crippen LogP contribution in [0.2, 0.25) is 0 Å². The Balaban J connectivity index is 1.90. The molecule has 0 heterocycles. The molecule has 0 radical (unpaired) electrons. The number of nitrogens with zero attached hydrogens (tertiary/aromatic N) is 2. The zero-order chi connectivity index (χ0) is 19.4. The molecule has 0 amide bonds. The summed E-state index contributed by atoms with van der Waals surface area (Å²) in [6.45, 7) is 0. The molecule has 0 fully saturated rings. The molecule has 0 aromatic heterocycles. The first kappa shape index (κ1) is 18.5. The molecule has 6 heteroatoms. The summed E-state index contributed by atoms with van der Waals surface area (Å²) < 4.78 is 28.1. The van der Waals surface area contributed by atoms with Crippen LogP contribution in [-0.2, 0) is 10.0 Å². The van der Waals surface area contributed by atoms with Crippen molar-refractivity contribution in [3.05, 3.63) is 78.4 Å². The summed E-state index contributed by atoms with van der Waals surface area (Å²) in [5.74, 6) is 0. The molecule has 1 N–H and O–H groups in total. The van der Waals surface area contributed by atoms with Crippen LogP contribution in [0.4, 0.5) is 11.4 Å². The normalized spacial score (nSPS) is 10.9. The van der Waals surface area contributed by atoms with Gasteiger partial charge in [-0.3, -0.25) is 4.72 Å². The molecule has 0 aliphatic heterocycles. The first-order valence-electron chi connectivity index (χ1n) is 8.30. The molecule has 3 aromatic rings. The third-order valence-corrected chi connectivity index (χ3v) is 5.48. The van der Waals surface area contributed by atoms with E-state index in [1.54, 1.807) is 48.5 Å². The number of nitrogens with one attached hydrogen (secondary N) is 1. The van der Waals surface area contributed by atoms with E-state index in [1.807, 2.05) is 43.3 Å². The fourth-order valence-corrected chi connectivity index (χ4v) is 3.76. The smallest absolute Gasteiger partial charge is 0.261 e. The summed E-state index contributed by atoms with van der Waals surface area (Å²) in [7, 11) is 0.124. The Hall–Kier alpha value is -3.30. The summed E-state index contributed by atoms with van der Waals surface area (Å²) >= 11 is 0. The van der Waals surface area contributed by atoms with Gasteiger partial charge in [0.15, 0.2) is 0 Å². The maximum atomic E-state index is 12.8. The number of rotatable bonds is 5. The Morgan fingerprint density at radius 2 is 1.52 bits per heavy atom. The van der Waals surface area contributed by atoms with Crippen molar-refractivity contribution in [1.82, 2.24) is 0 Å². The number of sulfonamides is 1. The van der Waals surface area contributed by atoms with E-state index in [0.29, 0.717) is 11.3 Å². The lowest BCUT2D eigenvalue weighted by Crippen LogP contribution is -2.13. The van der Waals surface area contributed by atoms with Crippen LogP contribution in [0.15, 0.2) is 77.7 Å². The van der Waals surface area contributed by atoms with Crippen molar-refractivity contribution >= 4 is 21.4 Å². The summed E-state index contributed by atoms with van der Waals surface area (Å²) in [5, 5.41) is 9.05. The number of benzene rings is 3. The minimum atomic E-state index is -3.72. The van der Waals surface area contributed by atoms with Gasteiger partial charge in [0.2, 0.25) is 0 Å². The van der Waals surface area contributed by atoms with Gasteiger partial charge in [-0.2, -0.15) is 5.26 Å². The Morgan fingerprint density at radius 3 is 2.15 bits per heavy atom.